The minimum Gasteiger partial charge on any atom is -0.492 e. The van der Waals surface area contributed by atoms with Crippen LogP contribution in [0.15, 0.2) is 11.3 Å². The van der Waals surface area contributed by atoms with E-state index in [0.29, 0.717) is 0 Å². The van der Waals surface area contributed by atoms with Gasteiger partial charge in [0, 0.05) is 18.1 Å². The number of hydrogen-bond donors (Lipinski definition) is 2. The quantitative estimate of drug-likeness (QED) is 0.761. The number of aliphatic hydroxyl groups is 2. The number of fused-ring (bicyclic) bond motifs is 3. The molecule has 0 bridgehead atoms. The van der Waals surface area contributed by atoms with Crippen LogP contribution in [-0.2, 0) is 27.4 Å². The highest BCUT2D eigenvalue weighted by Gasteiger charge is 2.44. The minimum absolute atomic E-state index is 0.0203. The van der Waals surface area contributed by atoms with E-state index in [-0.39, 0.29) is 47.0 Å². The molecular formula is C16H17NO7. The molecule has 1 aliphatic heterocycles. The predicted molar refractivity (Wildman–Crippen MR) is 79.2 cm³/mol. The first-order valence-electron chi connectivity index (χ1n) is 7.38. The lowest BCUT2D eigenvalue weighted by molar-refractivity contribution is -0.142. The molecule has 0 fully saturated rings. The molecule has 128 valence electrons. The summed E-state index contributed by atoms with van der Waals surface area (Å²) in [5.41, 5.74) is 0.756. The lowest BCUT2D eigenvalue weighted by Crippen LogP contribution is -2.25. The number of methoxy groups -OCH3 is 1. The number of rotatable bonds is 3. The number of esters is 1. The maximum Gasteiger partial charge on any atom is 0.302 e. The summed E-state index contributed by atoms with van der Waals surface area (Å²) in [7, 11) is 1.29. The number of allylic oxidation sites excluding steroid dienone is 2. The van der Waals surface area contributed by atoms with Crippen molar-refractivity contribution in [3.8, 4) is 0 Å². The molecule has 2 atom stereocenters. The Labute approximate surface area is 137 Å². The van der Waals surface area contributed by atoms with Crippen molar-refractivity contribution in [1.82, 2.24) is 4.57 Å². The fourth-order valence-electron chi connectivity index (χ4n) is 3.30. The van der Waals surface area contributed by atoms with Gasteiger partial charge in [0.2, 0.25) is 11.6 Å². The van der Waals surface area contributed by atoms with Gasteiger partial charge >= 0.3 is 5.97 Å². The van der Waals surface area contributed by atoms with Crippen LogP contribution < -0.4 is 0 Å². The molecule has 0 aromatic carbocycles. The minimum atomic E-state index is -1.27. The number of ether oxygens (including phenoxy) is 2. The highest BCUT2D eigenvalue weighted by molar-refractivity contribution is 6.26. The second kappa shape index (κ2) is 5.57. The third-order valence-corrected chi connectivity index (χ3v) is 4.38. The van der Waals surface area contributed by atoms with Gasteiger partial charge in [-0.15, -0.1) is 0 Å². The van der Waals surface area contributed by atoms with Crippen LogP contribution in [0.4, 0.5) is 0 Å². The van der Waals surface area contributed by atoms with Crippen LogP contribution in [-0.4, -0.2) is 45.5 Å². The lowest BCUT2D eigenvalue weighted by atomic mass is 9.90. The summed E-state index contributed by atoms with van der Waals surface area (Å²) in [5.74, 6) is -1.56. The summed E-state index contributed by atoms with van der Waals surface area (Å²) in [4.78, 5) is 36.5. The molecule has 0 amide bonds. The Morgan fingerprint density at radius 1 is 1.29 bits per heavy atom. The van der Waals surface area contributed by atoms with Crippen LogP contribution in [0.2, 0.25) is 0 Å². The number of carbonyl (C=O) groups excluding carboxylic acids is 3. The lowest BCUT2D eigenvalue weighted by Gasteiger charge is -2.18. The van der Waals surface area contributed by atoms with Gasteiger partial charge in [-0.2, -0.15) is 0 Å². The van der Waals surface area contributed by atoms with Crippen molar-refractivity contribution in [3.63, 3.8) is 0 Å². The largest absolute Gasteiger partial charge is 0.492 e. The number of nitrogens with zero attached hydrogens (tertiary/aromatic N) is 1. The van der Waals surface area contributed by atoms with Crippen LogP contribution in [0.3, 0.4) is 0 Å². The molecule has 2 heterocycles. The maximum atomic E-state index is 12.7. The van der Waals surface area contributed by atoms with Gasteiger partial charge in [-0.3, -0.25) is 14.4 Å². The van der Waals surface area contributed by atoms with Crippen LogP contribution in [0.5, 0.6) is 0 Å². The molecule has 8 nitrogen and oxygen atoms in total. The molecule has 0 saturated carbocycles. The molecule has 24 heavy (non-hydrogen) atoms. The van der Waals surface area contributed by atoms with Crippen LogP contribution in [0.1, 0.15) is 52.1 Å². The van der Waals surface area contributed by atoms with Crippen LogP contribution in [0.25, 0.3) is 0 Å². The van der Waals surface area contributed by atoms with Crippen molar-refractivity contribution in [2.45, 2.75) is 39.2 Å². The SMILES string of the molecule is COC1=C(C)C(=O)c2c(c(COC(C)=O)c3n2C[C@@H](O)[C@H]3O)C1=O. The average molecular weight is 335 g/mol. The van der Waals surface area contributed by atoms with Gasteiger partial charge in [-0.1, -0.05) is 0 Å². The first-order chi connectivity index (χ1) is 11.3. The standard InChI is InChI=1S/C16H17NO7/c1-6-13(20)12-10(15(22)16(6)23-3)8(5-24-7(2)18)11-14(21)9(19)4-17(11)12/h9,14,19,21H,4-5H2,1-3H3/t9-,14-/m1/s1. The zero-order chi connectivity index (χ0) is 17.8. The van der Waals surface area contributed by atoms with Gasteiger partial charge in [0.1, 0.15) is 24.5 Å². The van der Waals surface area contributed by atoms with Gasteiger partial charge in [-0.05, 0) is 6.92 Å². The van der Waals surface area contributed by atoms with Crippen molar-refractivity contribution in [1.29, 1.82) is 0 Å². The van der Waals surface area contributed by atoms with Crippen molar-refractivity contribution < 1.29 is 34.1 Å². The number of ketones is 2. The Morgan fingerprint density at radius 3 is 2.54 bits per heavy atom. The van der Waals surface area contributed by atoms with Gasteiger partial charge in [0.15, 0.2) is 5.76 Å². The average Bonchev–Trinajstić information content (AvgIpc) is 2.99. The molecule has 1 aromatic heterocycles. The van der Waals surface area contributed by atoms with E-state index in [1.54, 1.807) is 0 Å². The van der Waals surface area contributed by atoms with Crippen molar-refractivity contribution in [3.05, 3.63) is 33.8 Å². The van der Waals surface area contributed by atoms with E-state index in [0.717, 1.165) is 0 Å². The van der Waals surface area contributed by atoms with E-state index in [1.165, 1.54) is 25.5 Å². The summed E-state index contributed by atoms with van der Waals surface area (Å²) in [6, 6.07) is 0. The third-order valence-electron chi connectivity index (χ3n) is 4.38. The third kappa shape index (κ3) is 2.10. The maximum absolute atomic E-state index is 12.7. The highest BCUT2D eigenvalue weighted by Crippen LogP contribution is 2.40. The summed E-state index contributed by atoms with van der Waals surface area (Å²) < 4.78 is 11.5. The molecule has 3 rings (SSSR count). The summed E-state index contributed by atoms with van der Waals surface area (Å²) >= 11 is 0. The Hall–Kier alpha value is -2.45. The van der Waals surface area contributed by atoms with Gasteiger partial charge in [0.25, 0.3) is 0 Å². The predicted octanol–water partition coefficient (Wildman–Crippen LogP) is 0.258. The molecule has 2 aliphatic rings. The second-order valence-electron chi connectivity index (χ2n) is 5.81. The first-order valence-corrected chi connectivity index (χ1v) is 7.38. The van der Waals surface area contributed by atoms with E-state index in [9.17, 15) is 24.6 Å². The summed E-state index contributed by atoms with van der Waals surface area (Å²) in [6.07, 6.45) is -2.37. The van der Waals surface area contributed by atoms with E-state index in [4.69, 9.17) is 9.47 Å². The van der Waals surface area contributed by atoms with E-state index in [2.05, 4.69) is 0 Å². The van der Waals surface area contributed by atoms with Crippen LogP contribution in [0, 0.1) is 0 Å². The second-order valence-corrected chi connectivity index (χ2v) is 5.81. The number of hydrogen-bond acceptors (Lipinski definition) is 7. The number of Topliss-reactive ketones (excluding diaryl/α,β-unsaturated/α-hetero) is 2. The molecule has 1 aromatic rings. The van der Waals surface area contributed by atoms with E-state index in [1.807, 2.05) is 0 Å². The molecule has 0 spiro atoms. The molecular weight excluding hydrogens is 318 g/mol. The fourth-order valence-corrected chi connectivity index (χ4v) is 3.30. The fraction of sp³-hybridized carbons (Fsp3) is 0.438. The smallest absolute Gasteiger partial charge is 0.302 e. The van der Waals surface area contributed by atoms with E-state index < -0.39 is 29.7 Å². The van der Waals surface area contributed by atoms with Crippen molar-refractivity contribution in [2.24, 2.45) is 0 Å². The normalized spacial score (nSPS) is 22.5. The number of aromatic nitrogens is 1. The van der Waals surface area contributed by atoms with Crippen molar-refractivity contribution >= 4 is 17.5 Å². The Morgan fingerprint density at radius 2 is 1.96 bits per heavy atom. The molecule has 1 aliphatic carbocycles. The van der Waals surface area contributed by atoms with E-state index >= 15 is 0 Å². The zero-order valence-electron chi connectivity index (χ0n) is 13.5. The highest BCUT2D eigenvalue weighted by atomic mass is 16.5. The molecule has 0 unspecified atom stereocenters. The Balaban J connectivity index is 2.24. The van der Waals surface area contributed by atoms with Crippen LogP contribution >= 0.6 is 0 Å². The van der Waals surface area contributed by atoms with Gasteiger partial charge in [0.05, 0.1) is 24.9 Å². The molecule has 8 heteroatoms. The summed E-state index contributed by atoms with van der Waals surface area (Å²) in [5, 5.41) is 20.1. The van der Waals surface area contributed by atoms with Gasteiger partial charge < -0.3 is 24.3 Å². The number of carbonyl (C=O) groups is 3. The van der Waals surface area contributed by atoms with Crippen molar-refractivity contribution in [2.75, 3.05) is 7.11 Å². The monoisotopic (exact) mass is 335 g/mol. The zero-order valence-corrected chi connectivity index (χ0v) is 13.5. The topological polar surface area (TPSA) is 115 Å². The first kappa shape index (κ1) is 16.4. The molecule has 0 saturated heterocycles. The Kier molecular flexibility index (Phi) is 3.81. The Bertz CT molecular complexity index is 802. The molecule has 0 radical (unpaired) electrons. The molecule has 2 N–H and O–H groups in total. The number of aliphatic hydroxyl groups excluding tert-OH is 2. The van der Waals surface area contributed by atoms with Gasteiger partial charge in [-0.25, -0.2) is 0 Å². The summed E-state index contributed by atoms with van der Waals surface area (Å²) in [6.45, 7) is 2.40.